The third kappa shape index (κ3) is 3.30. The second-order valence-electron chi connectivity index (χ2n) is 5.43. The molecule has 1 saturated heterocycles. The van der Waals surface area contributed by atoms with Crippen LogP contribution in [0.5, 0.6) is 0 Å². The van der Waals surface area contributed by atoms with Crippen LogP contribution in [0.15, 0.2) is 6.20 Å². The second kappa shape index (κ2) is 6.73. The Morgan fingerprint density at radius 3 is 2.95 bits per heavy atom. The average Bonchev–Trinajstić information content (AvgIpc) is 2.79. The summed E-state index contributed by atoms with van der Waals surface area (Å²) in [6, 6.07) is 0.538. The van der Waals surface area contributed by atoms with Gasteiger partial charge in [-0.3, -0.25) is 4.68 Å². The quantitative estimate of drug-likeness (QED) is 0.903. The van der Waals surface area contributed by atoms with Crippen molar-refractivity contribution in [3.8, 4) is 0 Å². The first-order valence-electron chi connectivity index (χ1n) is 7.19. The molecular formula is C14H24ClN3O. The monoisotopic (exact) mass is 285 g/mol. The Kier molecular flexibility index (Phi) is 5.25. The van der Waals surface area contributed by atoms with Gasteiger partial charge in [0.25, 0.3) is 0 Å². The summed E-state index contributed by atoms with van der Waals surface area (Å²) in [6.45, 7) is 8.99. The Morgan fingerprint density at radius 2 is 2.37 bits per heavy atom. The number of halogens is 1. The fraction of sp³-hybridized carbons (Fsp3) is 0.786. The molecule has 0 saturated carbocycles. The first-order chi connectivity index (χ1) is 9.15. The minimum atomic E-state index is 0.225. The largest absolute Gasteiger partial charge is 0.381 e. The molecule has 0 aromatic carbocycles. The van der Waals surface area contributed by atoms with Gasteiger partial charge in [0.15, 0.2) is 0 Å². The van der Waals surface area contributed by atoms with Gasteiger partial charge in [0.2, 0.25) is 0 Å². The summed E-state index contributed by atoms with van der Waals surface area (Å²) in [5.41, 5.74) is 1.11. The molecule has 1 aromatic rings. The standard InChI is InChI=1S/C14H24ClN3O/c1-4-16-13(11-6-5-7-19-9-11)14-12(15)8-17-18(14)10(2)3/h8,10-11,13,16H,4-7,9H2,1-3H3. The van der Waals surface area contributed by atoms with Crippen molar-refractivity contribution in [3.05, 3.63) is 16.9 Å². The van der Waals surface area contributed by atoms with Gasteiger partial charge in [0, 0.05) is 18.6 Å². The zero-order valence-electron chi connectivity index (χ0n) is 12.0. The SMILES string of the molecule is CCNC(c1c(Cl)cnn1C(C)C)C1CCCOC1. The van der Waals surface area contributed by atoms with E-state index in [2.05, 4.69) is 31.2 Å². The van der Waals surface area contributed by atoms with Crippen molar-refractivity contribution in [1.29, 1.82) is 0 Å². The molecule has 0 spiro atoms. The number of nitrogens with zero attached hydrogens (tertiary/aromatic N) is 2. The molecule has 1 N–H and O–H groups in total. The Balaban J connectivity index is 2.29. The lowest BCUT2D eigenvalue weighted by molar-refractivity contribution is 0.0377. The van der Waals surface area contributed by atoms with Crippen molar-refractivity contribution in [3.63, 3.8) is 0 Å². The van der Waals surface area contributed by atoms with Crippen LogP contribution in [0.25, 0.3) is 0 Å². The van der Waals surface area contributed by atoms with E-state index in [9.17, 15) is 0 Å². The van der Waals surface area contributed by atoms with E-state index in [1.807, 2.05) is 4.68 Å². The summed E-state index contributed by atoms with van der Waals surface area (Å²) in [7, 11) is 0. The van der Waals surface area contributed by atoms with Gasteiger partial charge in [-0.1, -0.05) is 18.5 Å². The summed E-state index contributed by atoms with van der Waals surface area (Å²) in [6.07, 6.45) is 4.06. The molecule has 0 bridgehead atoms. The van der Waals surface area contributed by atoms with E-state index in [4.69, 9.17) is 16.3 Å². The van der Waals surface area contributed by atoms with E-state index >= 15 is 0 Å². The van der Waals surface area contributed by atoms with Gasteiger partial charge < -0.3 is 10.1 Å². The summed E-state index contributed by atoms with van der Waals surface area (Å²) in [5, 5.41) is 8.74. The van der Waals surface area contributed by atoms with Crippen LogP contribution in [-0.4, -0.2) is 29.5 Å². The van der Waals surface area contributed by atoms with Crippen molar-refractivity contribution in [2.75, 3.05) is 19.8 Å². The van der Waals surface area contributed by atoms with Crippen LogP contribution in [0.1, 0.15) is 51.4 Å². The number of aromatic nitrogens is 2. The maximum absolute atomic E-state index is 6.37. The van der Waals surface area contributed by atoms with Crippen LogP contribution < -0.4 is 5.32 Å². The molecule has 0 radical (unpaired) electrons. The highest BCUT2D eigenvalue weighted by molar-refractivity contribution is 6.31. The van der Waals surface area contributed by atoms with Crippen LogP contribution in [0.3, 0.4) is 0 Å². The topological polar surface area (TPSA) is 39.1 Å². The lowest BCUT2D eigenvalue weighted by Gasteiger charge is -2.32. The Morgan fingerprint density at radius 1 is 1.58 bits per heavy atom. The van der Waals surface area contributed by atoms with Gasteiger partial charge in [-0.2, -0.15) is 5.10 Å². The van der Waals surface area contributed by atoms with E-state index in [1.54, 1.807) is 6.20 Å². The van der Waals surface area contributed by atoms with Crippen molar-refractivity contribution >= 4 is 11.6 Å². The highest BCUT2D eigenvalue weighted by atomic mass is 35.5. The summed E-state index contributed by atoms with van der Waals surface area (Å²) >= 11 is 6.37. The number of rotatable bonds is 5. The molecule has 1 aromatic heterocycles. The fourth-order valence-electron chi connectivity index (χ4n) is 2.79. The maximum Gasteiger partial charge on any atom is 0.0834 e. The molecule has 19 heavy (non-hydrogen) atoms. The van der Waals surface area contributed by atoms with Crippen molar-refractivity contribution < 1.29 is 4.74 Å². The highest BCUT2D eigenvalue weighted by Gasteiger charge is 2.30. The lowest BCUT2D eigenvalue weighted by Crippen LogP contribution is -2.35. The fourth-order valence-corrected chi connectivity index (χ4v) is 3.04. The third-order valence-corrected chi connectivity index (χ3v) is 3.95. The molecule has 1 aliphatic heterocycles. The molecule has 2 heterocycles. The predicted octanol–water partition coefficient (Wildman–Crippen LogP) is 3.19. The minimum absolute atomic E-state index is 0.225. The molecule has 0 aliphatic carbocycles. The number of hydrogen-bond donors (Lipinski definition) is 1. The number of hydrogen-bond acceptors (Lipinski definition) is 3. The van der Waals surface area contributed by atoms with E-state index < -0.39 is 0 Å². The van der Waals surface area contributed by atoms with Crippen LogP contribution in [-0.2, 0) is 4.74 Å². The van der Waals surface area contributed by atoms with E-state index in [1.165, 1.54) is 6.42 Å². The number of nitrogens with one attached hydrogen (secondary N) is 1. The lowest BCUT2D eigenvalue weighted by atomic mass is 9.91. The molecule has 108 valence electrons. The highest BCUT2D eigenvalue weighted by Crippen LogP contribution is 2.34. The maximum atomic E-state index is 6.37. The molecule has 0 amide bonds. The van der Waals surface area contributed by atoms with Crippen LogP contribution in [0.2, 0.25) is 5.02 Å². The number of ether oxygens (including phenoxy) is 1. The van der Waals surface area contributed by atoms with Gasteiger partial charge in [-0.15, -0.1) is 0 Å². The molecular weight excluding hydrogens is 262 g/mol. The average molecular weight is 286 g/mol. The van der Waals surface area contributed by atoms with Gasteiger partial charge in [0.1, 0.15) is 0 Å². The van der Waals surface area contributed by atoms with Gasteiger partial charge in [-0.05, 0) is 33.2 Å². The van der Waals surface area contributed by atoms with Crippen LogP contribution in [0, 0.1) is 5.92 Å². The predicted molar refractivity (Wildman–Crippen MR) is 77.6 cm³/mol. The molecule has 2 rings (SSSR count). The zero-order valence-corrected chi connectivity index (χ0v) is 12.8. The third-order valence-electron chi connectivity index (χ3n) is 3.66. The zero-order chi connectivity index (χ0) is 13.8. The molecule has 1 fully saturated rings. The first kappa shape index (κ1) is 14.8. The Hall–Kier alpha value is -0.580. The molecule has 1 aliphatic rings. The second-order valence-corrected chi connectivity index (χ2v) is 5.84. The molecule has 4 nitrogen and oxygen atoms in total. The van der Waals surface area contributed by atoms with E-state index in [-0.39, 0.29) is 6.04 Å². The van der Waals surface area contributed by atoms with Gasteiger partial charge >= 0.3 is 0 Å². The van der Waals surface area contributed by atoms with Crippen molar-refractivity contribution in [2.24, 2.45) is 5.92 Å². The Bertz CT molecular complexity index is 399. The molecule has 2 atom stereocenters. The van der Waals surface area contributed by atoms with E-state index in [0.717, 1.165) is 36.9 Å². The normalized spacial score (nSPS) is 21.8. The van der Waals surface area contributed by atoms with Crippen molar-refractivity contribution in [2.45, 2.75) is 45.7 Å². The van der Waals surface area contributed by atoms with E-state index in [0.29, 0.717) is 12.0 Å². The minimum Gasteiger partial charge on any atom is -0.381 e. The van der Waals surface area contributed by atoms with Gasteiger partial charge in [0.05, 0.1) is 29.6 Å². The summed E-state index contributed by atoms with van der Waals surface area (Å²) in [4.78, 5) is 0. The first-order valence-corrected chi connectivity index (χ1v) is 7.57. The molecule has 2 unspecified atom stereocenters. The van der Waals surface area contributed by atoms with Gasteiger partial charge in [-0.25, -0.2) is 0 Å². The smallest absolute Gasteiger partial charge is 0.0834 e. The van der Waals surface area contributed by atoms with Crippen molar-refractivity contribution in [1.82, 2.24) is 15.1 Å². The molecule has 5 heteroatoms. The van der Waals surface area contributed by atoms with Crippen LogP contribution in [0.4, 0.5) is 0 Å². The van der Waals surface area contributed by atoms with Crippen LogP contribution >= 0.6 is 11.6 Å². The Labute approximate surface area is 120 Å². The summed E-state index contributed by atoms with van der Waals surface area (Å²) < 4.78 is 7.67. The summed E-state index contributed by atoms with van der Waals surface area (Å²) in [5.74, 6) is 0.473.